The Morgan fingerprint density at radius 2 is 2.42 bits per heavy atom. The molecule has 2 aliphatic rings. The van der Waals surface area contributed by atoms with Gasteiger partial charge in [0.15, 0.2) is 0 Å². The van der Waals surface area contributed by atoms with E-state index >= 15 is 0 Å². The van der Waals surface area contributed by atoms with E-state index in [1.54, 1.807) is 0 Å². The fourth-order valence-corrected chi connectivity index (χ4v) is 1.95. The van der Waals surface area contributed by atoms with Gasteiger partial charge in [0.1, 0.15) is 12.3 Å². The van der Waals surface area contributed by atoms with Crippen molar-refractivity contribution in [2.75, 3.05) is 0 Å². The van der Waals surface area contributed by atoms with Gasteiger partial charge in [-0.25, -0.2) is 0 Å². The van der Waals surface area contributed by atoms with E-state index in [0.29, 0.717) is 0 Å². The van der Waals surface area contributed by atoms with E-state index in [1.165, 1.54) is 0 Å². The van der Waals surface area contributed by atoms with Gasteiger partial charge < -0.3 is 10.0 Å². The predicted octanol–water partition coefficient (Wildman–Crippen LogP) is -1.44. The number of rotatable bonds is 1. The van der Waals surface area contributed by atoms with Crippen LogP contribution >= 0.6 is 0 Å². The maximum absolute atomic E-state index is 11.0. The third-order valence-corrected chi connectivity index (χ3v) is 2.70. The molecule has 0 spiro atoms. The highest BCUT2D eigenvalue weighted by atomic mass is 17.0. The van der Waals surface area contributed by atoms with Crippen molar-refractivity contribution in [2.45, 2.75) is 31.3 Å². The number of hydrogen-bond acceptors (Lipinski definition) is 4. The zero-order chi connectivity index (χ0) is 8.55. The Morgan fingerprint density at radius 3 is 3.17 bits per heavy atom. The molecule has 1 heterocycles. The molecule has 2 rings (SSSR count). The fourth-order valence-electron chi connectivity index (χ4n) is 1.95. The Bertz CT molecular complexity index is 187. The van der Waals surface area contributed by atoms with Crippen molar-refractivity contribution in [2.24, 2.45) is 5.92 Å². The second-order valence-corrected chi connectivity index (χ2v) is 3.46. The minimum Gasteiger partial charge on any atom is -0.598 e. The number of fused-ring (bicyclic) bond motifs is 1. The van der Waals surface area contributed by atoms with Crippen LogP contribution < -0.4 is 10.7 Å². The van der Waals surface area contributed by atoms with Gasteiger partial charge in [-0.3, -0.25) is 0 Å². The first kappa shape index (κ1) is 8.12. The van der Waals surface area contributed by atoms with Crippen LogP contribution in [0.5, 0.6) is 0 Å². The van der Waals surface area contributed by atoms with Gasteiger partial charge in [0.25, 0.3) is 0 Å². The summed E-state index contributed by atoms with van der Waals surface area (Å²) in [7, 11) is 0. The third kappa shape index (κ3) is 1.25. The molecule has 0 aromatic heterocycles. The van der Waals surface area contributed by atoms with Crippen LogP contribution in [0.2, 0.25) is 0 Å². The molecular weight excluding hydrogens is 160 g/mol. The summed E-state index contributed by atoms with van der Waals surface area (Å²) in [6.07, 6.45) is 3.31. The molecule has 1 aliphatic carbocycles. The lowest BCUT2D eigenvalue weighted by molar-refractivity contribution is -1.06. The van der Waals surface area contributed by atoms with Crippen LogP contribution in [0.1, 0.15) is 19.3 Å². The van der Waals surface area contributed by atoms with Gasteiger partial charge in [-0.05, 0) is 12.8 Å². The van der Waals surface area contributed by atoms with Gasteiger partial charge in [0.05, 0.1) is 6.04 Å². The highest BCUT2D eigenvalue weighted by Gasteiger charge is 2.40. The first-order valence-corrected chi connectivity index (χ1v) is 4.23. The van der Waals surface area contributed by atoms with E-state index in [0.717, 1.165) is 25.5 Å². The van der Waals surface area contributed by atoms with E-state index in [1.807, 2.05) is 0 Å². The monoisotopic (exact) mass is 172 g/mol. The molecule has 1 saturated carbocycles. The Labute approximate surface area is 70.2 Å². The molecule has 2 N–H and O–H groups in total. The second-order valence-electron chi connectivity index (χ2n) is 3.46. The van der Waals surface area contributed by atoms with Gasteiger partial charge in [0.2, 0.25) is 0 Å². The van der Waals surface area contributed by atoms with Crippen molar-refractivity contribution >= 4 is 6.29 Å². The Balaban J connectivity index is 1.99. The number of quaternary nitrogens is 1. The van der Waals surface area contributed by atoms with Gasteiger partial charge >= 0.3 is 0 Å². The van der Waals surface area contributed by atoms with Crippen molar-refractivity contribution in [3.05, 3.63) is 5.21 Å². The molecule has 5 heteroatoms. The highest BCUT2D eigenvalue weighted by molar-refractivity contribution is 5.53. The smallest absolute Gasteiger partial charge is 0.137 e. The molecule has 1 saturated heterocycles. The highest BCUT2D eigenvalue weighted by Crippen LogP contribution is 2.23. The summed E-state index contributed by atoms with van der Waals surface area (Å²) in [5.74, 6) is 0.105. The zero-order valence-electron chi connectivity index (χ0n) is 6.66. The molecular formula is C7H12N2O3. The summed E-state index contributed by atoms with van der Waals surface area (Å²) >= 11 is 0. The van der Waals surface area contributed by atoms with Crippen LogP contribution in [0.25, 0.3) is 0 Å². The number of carbonyl (C=O) groups is 1. The van der Waals surface area contributed by atoms with Gasteiger partial charge in [-0.1, -0.05) is 0 Å². The number of carbonyl (C=O) groups excluding carboxylic acids is 1. The third-order valence-electron chi connectivity index (χ3n) is 2.70. The average Bonchev–Trinajstić information content (AvgIpc) is 2.47. The van der Waals surface area contributed by atoms with E-state index in [9.17, 15) is 10.0 Å². The first-order valence-electron chi connectivity index (χ1n) is 4.23. The largest absolute Gasteiger partial charge is 0.598 e. The van der Waals surface area contributed by atoms with E-state index in [4.69, 9.17) is 0 Å². The van der Waals surface area contributed by atoms with Crippen molar-refractivity contribution in [3.63, 3.8) is 0 Å². The van der Waals surface area contributed by atoms with Gasteiger partial charge in [-0.15, -0.1) is 10.4 Å². The van der Waals surface area contributed by atoms with Crippen LogP contribution in [0.3, 0.4) is 0 Å². The Hall–Kier alpha value is -0.490. The topological polar surface area (TPSA) is 65.8 Å². The summed E-state index contributed by atoms with van der Waals surface area (Å²) in [5, 5.41) is 10.9. The number of nitrogens with one attached hydrogen (secondary N) is 2. The number of hydrogen-bond donors (Lipinski definition) is 2. The molecule has 0 aromatic rings. The fraction of sp³-hybridized carbons (Fsp3) is 0.857. The summed E-state index contributed by atoms with van der Waals surface area (Å²) in [6.45, 7) is 0. The van der Waals surface area contributed by atoms with Crippen molar-refractivity contribution in [3.8, 4) is 0 Å². The van der Waals surface area contributed by atoms with E-state index < -0.39 is 0 Å². The lowest BCUT2D eigenvalue weighted by atomic mass is 9.84. The molecule has 0 aromatic carbocycles. The summed E-state index contributed by atoms with van der Waals surface area (Å²) < 4.78 is 0. The maximum Gasteiger partial charge on any atom is 0.137 e. The predicted molar refractivity (Wildman–Crippen MR) is 39.5 cm³/mol. The standard InChI is InChI=1S/C7H12N2O3/c10-4-5-1-2-7-6(3-5)8-12-9(7)11/h4-9H,1-3H2. The minimum absolute atomic E-state index is 0.0128. The molecule has 1 aliphatic heterocycles. The molecule has 68 valence electrons. The quantitative estimate of drug-likeness (QED) is 0.375. The molecule has 5 nitrogen and oxygen atoms in total. The van der Waals surface area contributed by atoms with E-state index in [2.05, 4.69) is 10.4 Å². The van der Waals surface area contributed by atoms with Gasteiger partial charge in [-0.2, -0.15) is 5.23 Å². The zero-order valence-corrected chi connectivity index (χ0v) is 6.66. The van der Waals surface area contributed by atoms with Crippen LogP contribution in [0.4, 0.5) is 0 Å². The lowest BCUT2D eigenvalue weighted by Crippen LogP contribution is -3.08. The lowest BCUT2D eigenvalue weighted by Gasteiger charge is -2.27. The van der Waals surface area contributed by atoms with E-state index in [-0.39, 0.29) is 23.2 Å². The number of hydroxylamine groups is 3. The van der Waals surface area contributed by atoms with Crippen molar-refractivity contribution in [1.82, 2.24) is 5.48 Å². The second kappa shape index (κ2) is 3.10. The molecule has 2 fully saturated rings. The van der Waals surface area contributed by atoms with Crippen LogP contribution in [0.15, 0.2) is 0 Å². The Morgan fingerprint density at radius 1 is 1.58 bits per heavy atom. The molecule has 4 unspecified atom stereocenters. The average molecular weight is 172 g/mol. The SMILES string of the molecule is O=CC1CCC2C(C1)NO[NH+]2[O-]. The maximum atomic E-state index is 11.0. The number of aldehydes is 1. The van der Waals surface area contributed by atoms with Gasteiger partial charge in [0, 0.05) is 12.3 Å². The van der Waals surface area contributed by atoms with Crippen molar-refractivity contribution < 1.29 is 15.0 Å². The molecule has 0 radical (unpaired) electrons. The van der Waals surface area contributed by atoms with Crippen molar-refractivity contribution in [1.29, 1.82) is 0 Å². The van der Waals surface area contributed by atoms with Crippen LogP contribution in [-0.2, 0) is 9.73 Å². The molecule has 12 heavy (non-hydrogen) atoms. The Kier molecular flexibility index (Phi) is 2.10. The molecule has 0 bridgehead atoms. The van der Waals surface area contributed by atoms with Crippen LogP contribution in [-0.4, -0.2) is 18.4 Å². The van der Waals surface area contributed by atoms with Crippen LogP contribution in [0, 0.1) is 11.1 Å². The molecule has 4 atom stereocenters. The molecule has 0 amide bonds. The summed E-state index contributed by atoms with van der Waals surface area (Å²) in [5.41, 5.74) is 2.66. The minimum atomic E-state index is -0.163. The summed E-state index contributed by atoms with van der Waals surface area (Å²) in [4.78, 5) is 15.2. The first-order chi connectivity index (χ1) is 5.81. The summed E-state index contributed by atoms with van der Waals surface area (Å²) in [6, 6.07) is 0.0580. The normalized spacial score (nSPS) is 47.1.